The molecule has 1 aromatic rings. The van der Waals surface area contributed by atoms with Crippen LogP contribution in [0.25, 0.3) is 5.57 Å². The first kappa shape index (κ1) is 29.5. The summed E-state index contributed by atoms with van der Waals surface area (Å²) in [5.74, 6) is 0.773. The van der Waals surface area contributed by atoms with E-state index in [1.165, 1.54) is 0 Å². The van der Waals surface area contributed by atoms with Crippen LogP contribution in [-0.4, -0.2) is 78.9 Å². The number of ether oxygens (including phenoxy) is 4. The Bertz CT molecular complexity index is 1570. The lowest BCUT2D eigenvalue weighted by molar-refractivity contribution is -1.05. The van der Waals surface area contributed by atoms with Crippen molar-refractivity contribution in [2.45, 2.75) is 58.5 Å². The first-order valence-corrected chi connectivity index (χ1v) is 14.8. The van der Waals surface area contributed by atoms with Crippen molar-refractivity contribution in [1.82, 2.24) is 10.6 Å². The van der Waals surface area contributed by atoms with Crippen molar-refractivity contribution >= 4 is 35.0 Å². The molecule has 6 N–H and O–H groups in total. The van der Waals surface area contributed by atoms with Crippen molar-refractivity contribution in [2.24, 2.45) is 9.98 Å². The Hall–Kier alpha value is -4.53. The van der Waals surface area contributed by atoms with Crippen LogP contribution in [0.2, 0.25) is 0 Å². The van der Waals surface area contributed by atoms with Crippen molar-refractivity contribution < 1.29 is 43.4 Å². The molecule has 1 amide bonds. The van der Waals surface area contributed by atoms with E-state index in [2.05, 4.69) is 20.6 Å². The Morgan fingerprint density at radius 1 is 1.32 bits per heavy atom. The molecule has 5 heterocycles. The SMILES string of the molecule is CCCOc1c2c(cc3c1/C(=C/C[NH+]1C=CNC1[NH+]1CN=C4C(=O)NC(=N)N=C41)C=C(C(=O)OCC)O3)O[C@H](C(C)(C)O)C2. The molecule has 6 rings (SSSR count). The highest BCUT2D eigenvalue weighted by molar-refractivity contribution is 6.68. The number of nitrogens with one attached hydrogen (secondary N) is 5. The number of aliphatic imine (C=N–C) groups is 2. The fourth-order valence-corrected chi connectivity index (χ4v) is 5.77. The Kier molecular flexibility index (Phi) is 7.73. The van der Waals surface area contributed by atoms with Crippen LogP contribution in [0.5, 0.6) is 17.2 Å². The van der Waals surface area contributed by atoms with E-state index in [9.17, 15) is 14.7 Å². The summed E-state index contributed by atoms with van der Waals surface area (Å²) in [6, 6.07) is 1.75. The number of hydrogen-bond acceptors (Lipinski definition) is 10. The molecule has 232 valence electrons. The molecule has 0 fully saturated rings. The van der Waals surface area contributed by atoms with Crippen LogP contribution in [0.3, 0.4) is 0 Å². The predicted molar refractivity (Wildman–Crippen MR) is 158 cm³/mol. The molecule has 0 aromatic heterocycles. The van der Waals surface area contributed by atoms with E-state index in [1.54, 1.807) is 32.9 Å². The van der Waals surface area contributed by atoms with E-state index >= 15 is 0 Å². The molecular weight excluding hydrogens is 570 g/mol. The van der Waals surface area contributed by atoms with Crippen LogP contribution in [0.15, 0.2) is 46.4 Å². The van der Waals surface area contributed by atoms with Gasteiger partial charge in [-0.3, -0.25) is 20.8 Å². The van der Waals surface area contributed by atoms with Gasteiger partial charge >= 0.3 is 12.3 Å². The first-order valence-electron chi connectivity index (χ1n) is 14.8. The lowest BCUT2D eigenvalue weighted by atomic mass is 9.92. The molecule has 0 saturated carbocycles. The zero-order valence-electron chi connectivity index (χ0n) is 25.1. The van der Waals surface area contributed by atoms with Gasteiger partial charge < -0.3 is 24.1 Å². The average molecular weight is 608 g/mol. The minimum Gasteiger partial charge on any atom is -0.492 e. The topological polar surface area (TPSA) is 173 Å². The average Bonchev–Trinajstić information content (AvgIpc) is 3.72. The van der Waals surface area contributed by atoms with E-state index in [1.807, 2.05) is 25.4 Å². The van der Waals surface area contributed by atoms with Gasteiger partial charge in [-0.25, -0.2) is 14.7 Å². The third kappa shape index (κ3) is 5.36. The number of nitrogens with zero attached hydrogens (tertiary/aromatic N) is 2. The van der Waals surface area contributed by atoms with Gasteiger partial charge in [-0.15, -0.1) is 0 Å². The minimum atomic E-state index is -1.09. The first-order chi connectivity index (χ1) is 21.1. The van der Waals surface area contributed by atoms with Gasteiger partial charge in [0.05, 0.1) is 30.6 Å². The summed E-state index contributed by atoms with van der Waals surface area (Å²) in [5.41, 5.74) is 1.39. The maximum Gasteiger partial charge on any atom is 0.374 e. The van der Waals surface area contributed by atoms with Crippen molar-refractivity contribution in [3.63, 3.8) is 0 Å². The normalized spacial score (nSPS) is 25.9. The quantitative estimate of drug-likeness (QED) is 0.190. The smallest absolute Gasteiger partial charge is 0.374 e. The Morgan fingerprint density at radius 3 is 2.89 bits per heavy atom. The maximum atomic E-state index is 12.9. The van der Waals surface area contributed by atoms with Crippen molar-refractivity contribution in [1.29, 1.82) is 5.41 Å². The summed E-state index contributed by atoms with van der Waals surface area (Å²) in [7, 11) is 0. The number of aliphatic hydroxyl groups is 1. The van der Waals surface area contributed by atoms with Crippen LogP contribution in [-0.2, 0) is 20.7 Å². The highest BCUT2D eigenvalue weighted by Gasteiger charge is 2.46. The number of guanidine groups is 1. The number of benzene rings is 1. The molecule has 14 heteroatoms. The number of carbonyl (C=O) groups excluding carboxylic acids is 2. The molecule has 0 bridgehead atoms. The van der Waals surface area contributed by atoms with Gasteiger partial charge in [0.15, 0.2) is 6.67 Å². The lowest BCUT2D eigenvalue weighted by Gasteiger charge is -2.26. The van der Waals surface area contributed by atoms with Crippen LogP contribution in [0.1, 0.15) is 45.2 Å². The van der Waals surface area contributed by atoms with Crippen molar-refractivity contribution in [3.05, 3.63) is 47.5 Å². The zero-order valence-corrected chi connectivity index (χ0v) is 25.1. The number of carbonyl (C=O) groups is 2. The third-order valence-electron chi connectivity index (χ3n) is 7.92. The second kappa shape index (κ2) is 11.5. The van der Waals surface area contributed by atoms with Gasteiger partial charge in [0, 0.05) is 18.1 Å². The molecule has 1 aromatic carbocycles. The molecule has 0 saturated heterocycles. The van der Waals surface area contributed by atoms with Crippen molar-refractivity contribution in [3.8, 4) is 17.2 Å². The second-order valence-electron chi connectivity index (χ2n) is 11.5. The molecule has 5 aliphatic heterocycles. The monoisotopic (exact) mass is 607 g/mol. The number of amides is 1. The number of quaternary nitrogens is 2. The molecule has 3 unspecified atom stereocenters. The van der Waals surface area contributed by atoms with Crippen LogP contribution in [0.4, 0.5) is 0 Å². The molecule has 5 aliphatic rings. The van der Waals surface area contributed by atoms with Crippen molar-refractivity contribution in [2.75, 3.05) is 26.4 Å². The van der Waals surface area contributed by atoms with Gasteiger partial charge in [-0.05, 0) is 44.9 Å². The highest BCUT2D eigenvalue weighted by Crippen LogP contribution is 2.50. The number of hydrogen-bond donors (Lipinski definition) is 6. The van der Waals surface area contributed by atoms with Gasteiger partial charge in [0.2, 0.25) is 17.4 Å². The van der Waals surface area contributed by atoms with E-state index in [-0.39, 0.29) is 30.3 Å². The Labute approximate surface area is 254 Å². The maximum absolute atomic E-state index is 12.9. The van der Waals surface area contributed by atoms with Crippen LogP contribution in [0, 0.1) is 5.41 Å². The van der Waals surface area contributed by atoms with E-state index in [0.717, 1.165) is 21.8 Å². The number of rotatable bonds is 9. The summed E-state index contributed by atoms with van der Waals surface area (Å²) < 4.78 is 23.8. The Balaban J connectivity index is 1.36. The fourth-order valence-electron chi connectivity index (χ4n) is 5.77. The standard InChI is InChI=1S/C30H35N7O7/c1-5-11-42-24-17-13-21(30(3,4)40)44-18(17)14-19-22(24)16(12-20(43-19)27(39)41-6-2)7-9-36-10-8-32-29(36)37-15-33-23-25(37)34-28(31)35-26(23)38/h7-8,10,12,14,21,29,32,40H,5-6,9,11,13,15H2,1-4H3,(H2,31,35,38)/p+2/b16-7+/t21-,29?/m0/s1. The number of fused-ring (bicyclic) bond motifs is 3. The fraction of sp³-hybridized carbons (Fsp3) is 0.433. The second-order valence-corrected chi connectivity index (χ2v) is 11.5. The van der Waals surface area contributed by atoms with E-state index < -0.39 is 23.6 Å². The molecular formula is C30H37N7O7+2. The predicted octanol–water partition coefficient (Wildman–Crippen LogP) is -1.22. The molecule has 0 spiro atoms. The summed E-state index contributed by atoms with van der Waals surface area (Å²) in [4.78, 5) is 35.6. The number of esters is 1. The molecule has 0 radical (unpaired) electrons. The van der Waals surface area contributed by atoms with Gasteiger partial charge in [0.1, 0.15) is 36.1 Å². The largest absolute Gasteiger partial charge is 0.492 e. The van der Waals surface area contributed by atoms with Gasteiger partial charge in [0.25, 0.3) is 11.7 Å². The highest BCUT2D eigenvalue weighted by atomic mass is 16.6. The van der Waals surface area contributed by atoms with Gasteiger partial charge in [-0.2, -0.15) is 9.89 Å². The van der Waals surface area contributed by atoms with E-state index in [0.29, 0.717) is 60.5 Å². The lowest BCUT2D eigenvalue weighted by Crippen LogP contribution is -3.36. The summed E-state index contributed by atoms with van der Waals surface area (Å²) in [6.45, 7) is 8.57. The van der Waals surface area contributed by atoms with Crippen LogP contribution < -0.4 is 34.6 Å². The molecule has 4 atom stereocenters. The summed E-state index contributed by atoms with van der Waals surface area (Å²) in [6.07, 6.45) is 7.95. The molecule has 14 nitrogen and oxygen atoms in total. The molecule has 0 aliphatic carbocycles. The molecule has 44 heavy (non-hydrogen) atoms. The van der Waals surface area contributed by atoms with Crippen LogP contribution >= 0.6 is 0 Å². The zero-order chi connectivity index (χ0) is 31.2. The van der Waals surface area contributed by atoms with E-state index in [4.69, 9.17) is 24.4 Å². The number of amidine groups is 1. The summed E-state index contributed by atoms with van der Waals surface area (Å²) >= 11 is 0. The number of allylic oxidation sites excluding steroid dienone is 2. The minimum absolute atomic E-state index is 0.0370. The van der Waals surface area contributed by atoms with Gasteiger partial charge in [-0.1, -0.05) is 6.92 Å². The Morgan fingerprint density at radius 2 is 2.14 bits per heavy atom. The third-order valence-corrected chi connectivity index (χ3v) is 7.92. The summed E-state index contributed by atoms with van der Waals surface area (Å²) in [5, 5.41) is 24.3.